The highest BCUT2D eigenvalue weighted by Crippen LogP contribution is 2.20. The lowest BCUT2D eigenvalue weighted by molar-refractivity contribution is 0.0765. The van der Waals surface area contributed by atoms with E-state index in [1.807, 2.05) is 0 Å². The number of benzene rings is 1. The van der Waals surface area contributed by atoms with Gasteiger partial charge in [0.25, 0.3) is 5.91 Å². The molecular weight excluding hydrogens is 262 g/mol. The first-order valence-electron chi connectivity index (χ1n) is 6.00. The molecule has 1 aromatic carbocycles. The normalized spacial score (nSPS) is 19.2. The van der Waals surface area contributed by atoms with Crippen LogP contribution in [-0.2, 0) is 9.84 Å². The van der Waals surface area contributed by atoms with Gasteiger partial charge in [0.1, 0.15) is 0 Å². The van der Waals surface area contributed by atoms with Gasteiger partial charge in [-0.25, -0.2) is 8.42 Å². The van der Waals surface area contributed by atoms with E-state index in [4.69, 9.17) is 6.42 Å². The largest absolute Gasteiger partial charge is 0.325 e. The number of hydrogen-bond donors (Lipinski definition) is 0. The average Bonchev–Trinajstić information content (AvgIpc) is 2.85. The second-order valence-corrected chi connectivity index (χ2v) is 6.64. The Bertz CT molecular complexity index is 643. The third kappa shape index (κ3) is 2.79. The average molecular weight is 277 g/mol. The van der Waals surface area contributed by atoms with E-state index in [0.29, 0.717) is 12.1 Å². The van der Waals surface area contributed by atoms with Gasteiger partial charge in [-0.15, -0.1) is 6.42 Å². The molecule has 1 aliphatic heterocycles. The molecule has 1 amide bonds. The fraction of sp³-hybridized carbons (Fsp3) is 0.357. The van der Waals surface area contributed by atoms with Crippen LogP contribution in [0.2, 0.25) is 0 Å². The number of nitrogens with zero attached hydrogens (tertiary/aromatic N) is 1. The summed E-state index contributed by atoms with van der Waals surface area (Å²) in [6, 6.07) is 5.89. The van der Waals surface area contributed by atoms with Crippen LogP contribution in [0, 0.1) is 12.3 Å². The highest BCUT2D eigenvalue weighted by atomic mass is 32.2. The summed E-state index contributed by atoms with van der Waals surface area (Å²) < 4.78 is 23.0. The van der Waals surface area contributed by atoms with Crippen molar-refractivity contribution in [2.75, 3.05) is 12.8 Å². The van der Waals surface area contributed by atoms with Crippen molar-refractivity contribution in [3.8, 4) is 12.3 Å². The van der Waals surface area contributed by atoms with Gasteiger partial charge in [-0.1, -0.05) is 12.0 Å². The van der Waals surface area contributed by atoms with Crippen LogP contribution in [-0.4, -0.2) is 38.1 Å². The van der Waals surface area contributed by atoms with Crippen molar-refractivity contribution < 1.29 is 13.2 Å². The molecule has 19 heavy (non-hydrogen) atoms. The lowest BCUT2D eigenvalue weighted by Crippen LogP contribution is -2.34. The van der Waals surface area contributed by atoms with Crippen molar-refractivity contribution in [2.45, 2.75) is 23.8 Å². The quantitative estimate of drug-likeness (QED) is 0.766. The third-order valence-corrected chi connectivity index (χ3v) is 4.33. The Morgan fingerprint density at radius 1 is 1.47 bits per heavy atom. The molecule has 1 saturated heterocycles. The van der Waals surface area contributed by atoms with Crippen LogP contribution in [0.5, 0.6) is 0 Å². The van der Waals surface area contributed by atoms with Crippen molar-refractivity contribution >= 4 is 15.7 Å². The second kappa shape index (κ2) is 5.06. The van der Waals surface area contributed by atoms with E-state index >= 15 is 0 Å². The monoisotopic (exact) mass is 277 g/mol. The molecule has 1 aromatic rings. The van der Waals surface area contributed by atoms with Crippen molar-refractivity contribution in [3.63, 3.8) is 0 Å². The molecule has 0 aliphatic carbocycles. The van der Waals surface area contributed by atoms with Gasteiger partial charge in [-0.05, 0) is 31.0 Å². The Morgan fingerprint density at radius 3 is 2.84 bits per heavy atom. The number of likely N-dealkylation sites (tertiary alicyclic amines) is 1. The summed E-state index contributed by atoms with van der Waals surface area (Å²) in [7, 11) is -3.31. The maximum absolute atomic E-state index is 12.3. The molecule has 1 atom stereocenters. The predicted octanol–water partition coefficient (Wildman–Crippen LogP) is 1.33. The minimum atomic E-state index is -3.31. The highest BCUT2D eigenvalue weighted by Gasteiger charge is 2.28. The zero-order valence-corrected chi connectivity index (χ0v) is 11.5. The van der Waals surface area contributed by atoms with Crippen LogP contribution in [0.15, 0.2) is 29.2 Å². The van der Waals surface area contributed by atoms with Crippen LogP contribution < -0.4 is 0 Å². The molecule has 0 radical (unpaired) electrons. The maximum atomic E-state index is 12.3. The first-order chi connectivity index (χ1) is 8.93. The van der Waals surface area contributed by atoms with E-state index < -0.39 is 9.84 Å². The molecule has 0 N–H and O–H groups in total. The Morgan fingerprint density at radius 2 is 2.21 bits per heavy atom. The number of hydrogen-bond acceptors (Lipinski definition) is 3. The van der Waals surface area contributed by atoms with Gasteiger partial charge >= 0.3 is 0 Å². The Balaban J connectivity index is 2.33. The Kier molecular flexibility index (Phi) is 3.63. The van der Waals surface area contributed by atoms with E-state index in [0.717, 1.165) is 19.1 Å². The van der Waals surface area contributed by atoms with Gasteiger partial charge in [0.15, 0.2) is 9.84 Å². The lowest BCUT2D eigenvalue weighted by atomic mass is 10.2. The SMILES string of the molecule is C#C[C@H]1CCCN1C(=O)c1cccc(S(C)(=O)=O)c1. The molecule has 0 aromatic heterocycles. The molecule has 4 nitrogen and oxygen atoms in total. The van der Waals surface area contributed by atoms with Gasteiger partial charge in [-0.3, -0.25) is 4.79 Å². The number of amides is 1. The molecule has 5 heteroatoms. The Hall–Kier alpha value is -1.80. The van der Waals surface area contributed by atoms with E-state index in [9.17, 15) is 13.2 Å². The molecule has 1 heterocycles. The second-order valence-electron chi connectivity index (χ2n) is 4.62. The number of carbonyl (C=O) groups is 1. The number of sulfone groups is 1. The first-order valence-corrected chi connectivity index (χ1v) is 7.90. The van der Waals surface area contributed by atoms with E-state index in [1.54, 1.807) is 17.0 Å². The fourth-order valence-electron chi connectivity index (χ4n) is 2.21. The topological polar surface area (TPSA) is 54.5 Å². The summed E-state index contributed by atoms with van der Waals surface area (Å²) >= 11 is 0. The van der Waals surface area contributed by atoms with Crippen LogP contribution in [0.25, 0.3) is 0 Å². The van der Waals surface area contributed by atoms with Crippen molar-refractivity contribution in [2.24, 2.45) is 0 Å². The van der Waals surface area contributed by atoms with Gasteiger partial charge in [0.2, 0.25) is 0 Å². The van der Waals surface area contributed by atoms with E-state index in [1.165, 1.54) is 12.1 Å². The van der Waals surface area contributed by atoms with Gasteiger partial charge in [0.05, 0.1) is 10.9 Å². The molecule has 0 spiro atoms. The fourth-order valence-corrected chi connectivity index (χ4v) is 2.88. The molecular formula is C14H15NO3S. The first kappa shape index (κ1) is 13.6. The van der Waals surface area contributed by atoms with Gasteiger partial charge in [-0.2, -0.15) is 0 Å². The minimum absolute atomic E-state index is 0.148. The summed E-state index contributed by atoms with van der Waals surface area (Å²) in [5.41, 5.74) is 0.366. The van der Waals surface area contributed by atoms with E-state index in [2.05, 4.69) is 5.92 Å². The zero-order valence-electron chi connectivity index (χ0n) is 10.7. The van der Waals surface area contributed by atoms with Gasteiger partial charge < -0.3 is 4.90 Å². The standard InChI is InChI=1S/C14H15NO3S/c1-3-12-7-5-9-15(12)14(16)11-6-4-8-13(10-11)19(2,17)18/h1,4,6,8,10,12H,5,7,9H2,2H3/t12-/m0/s1. The lowest BCUT2D eigenvalue weighted by Gasteiger charge is -2.20. The number of rotatable bonds is 2. The van der Waals surface area contributed by atoms with E-state index in [-0.39, 0.29) is 16.8 Å². The molecule has 0 unspecified atom stereocenters. The van der Waals surface area contributed by atoms with Crippen molar-refractivity contribution in [3.05, 3.63) is 29.8 Å². The Labute approximate surface area is 113 Å². The molecule has 2 rings (SSSR count). The van der Waals surface area contributed by atoms with Crippen LogP contribution in [0.3, 0.4) is 0 Å². The van der Waals surface area contributed by atoms with Gasteiger partial charge in [0, 0.05) is 18.4 Å². The van der Waals surface area contributed by atoms with Crippen LogP contribution in [0.4, 0.5) is 0 Å². The molecule has 0 bridgehead atoms. The summed E-state index contributed by atoms with van der Waals surface area (Å²) in [5.74, 6) is 2.39. The number of carbonyl (C=O) groups excluding carboxylic acids is 1. The molecule has 100 valence electrons. The molecule has 0 saturated carbocycles. The summed E-state index contributed by atoms with van der Waals surface area (Å²) in [6.45, 7) is 0.622. The van der Waals surface area contributed by atoms with Crippen molar-refractivity contribution in [1.29, 1.82) is 0 Å². The predicted molar refractivity (Wildman–Crippen MR) is 72.4 cm³/mol. The molecule has 1 fully saturated rings. The van der Waals surface area contributed by atoms with Crippen LogP contribution in [0.1, 0.15) is 23.2 Å². The molecule has 1 aliphatic rings. The van der Waals surface area contributed by atoms with Crippen molar-refractivity contribution in [1.82, 2.24) is 4.90 Å². The van der Waals surface area contributed by atoms with Crippen LogP contribution >= 0.6 is 0 Å². The summed E-state index contributed by atoms with van der Waals surface area (Å²) in [4.78, 5) is 14.1. The summed E-state index contributed by atoms with van der Waals surface area (Å²) in [5, 5.41) is 0. The smallest absolute Gasteiger partial charge is 0.254 e. The highest BCUT2D eigenvalue weighted by molar-refractivity contribution is 7.90. The number of terminal acetylenes is 1. The minimum Gasteiger partial charge on any atom is -0.325 e. The third-order valence-electron chi connectivity index (χ3n) is 3.22. The zero-order chi connectivity index (χ0) is 14.0. The summed E-state index contributed by atoms with van der Waals surface area (Å²) in [6.07, 6.45) is 8.20. The maximum Gasteiger partial charge on any atom is 0.254 e.